The van der Waals surface area contributed by atoms with Gasteiger partial charge in [-0.2, -0.15) is 8.78 Å². The van der Waals surface area contributed by atoms with Gasteiger partial charge in [-0.15, -0.1) is 0 Å². The van der Waals surface area contributed by atoms with E-state index in [-0.39, 0.29) is 5.91 Å². The third kappa shape index (κ3) is 5.63. The van der Waals surface area contributed by atoms with Crippen LogP contribution >= 0.6 is 11.8 Å². The van der Waals surface area contributed by atoms with Crippen LogP contribution in [0.1, 0.15) is 29.6 Å². The van der Waals surface area contributed by atoms with Gasteiger partial charge in [0.15, 0.2) is 0 Å². The second-order valence-electron chi connectivity index (χ2n) is 5.16. The van der Waals surface area contributed by atoms with Crippen molar-refractivity contribution in [3.05, 3.63) is 29.8 Å². The predicted octanol–water partition coefficient (Wildman–Crippen LogP) is 3.12. The number of halogens is 2. The zero-order chi connectivity index (χ0) is 15.1. The molecule has 3 nitrogen and oxygen atoms in total. The molecule has 2 N–H and O–H groups in total. The van der Waals surface area contributed by atoms with Crippen LogP contribution in [0.5, 0.6) is 0 Å². The molecule has 1 aromatic rings. The zero-order valence-corrected chi connectivity index (χ0v) is 12.6. The summed E-state index contributed by atoms with van der Waals surface area (Å²) in [5.41, 5.74) is 0.510. The molecular weight excluding hydrogens is 294 g/mol. The summed E-state index contributed by atoms with van der Waals surface area (Å²) < 4.78 is 24.4. The molecule has 0 aliphatic carbocycles. The highest BCUT2D eigenvalue weighted by molar-refractivity contribution is 7.99. The van der Waals surface area contributed by atoms with Crippen molar-refractivity contribution >= 4 is 17.7 Å². The maximum Gasteiger partial charge on any atom is 0.288 e. The summed E-state index contributed by atoms with van der Waals surface area (Å²) in [6.45, 7) is 2.76. The summed E-state index contributed by atoms with van der Waals surface area (Å²) in [5, 5.41) is 6.23. The highest BCUT2D eigenvalue weighted by atomic mass is 32.2. The summed E-state index contributed by atoms with van der Waals surface area (Å²) >= 11 is 0.483. The van der Waals surface area contributed by atoms with E-state index in [1.807, 2.05) is 0 Å². The first kappa shape index (κ1) is 16.2. The van der Waals surface area contributed by atoms with E-state index in [1.165, 1.54) is 12.8 Å². The van der Waals surface area contributed by atoms with Gasteiger partial charge in [0.25, 0.3) is 11.7 Å². The molecule has 0 radical (unpaired) electrons. The van der Waals surface area contributed by atoms with Gasteiger partial charge >= 0.3 is 0 Å². The first-order valence-electron chi connectivity index (χ1n) is 7.19. The summed E-state index contributed by atoms with van der Waals surface area (Å²) in [7, 11) is 0. The van der Waals surface area contributed by atoms with Crippen molar-refractivity contribution < 1.29 is 13.6 Å². The molecule has 0 saturated carbocycles. The molecular formula is C15H20F2N2OS. The van der Waals surface area contributed by atoms with E-state index in [2.05, 4.69) is 10.6 Å². The Kier molecular flexibility index (Phi) is 6.45. The number of hydrogen-bond donors (Lipinski definition) is 2. The molecule has 1 heterocycles. The average molecular weight is 314 g/mol. The van der Waals surface area contributed by atoms with Crippen LogP contribution in [0, 0.1) is 5.92 Å². The molecule has 0 aromatic heterocycles. The quantitative estimate of drug-likeness (QED) is 0.793. The Morgan fingerprint density at radius 1 is 1.38 bits per heavy atom. The van der Waals surface area contributed by atoms with E-state index in [0.717, 1.165) is 19.5 Å². The second kappa shape index (κ2) is 8.34. The zero-order valence-electron chi connectivity index (χ0n) is 11.8. The number of thioether (sulfide) groups is 1. The molecule has 2 rings (SSSR count). The normalized spacial score (nSPS) is 18.7. The lowest BCUT2D eigenvalue weighted by Crippen LogP contribution is -2.33. The third-order valence-electron chi connectivity index (χ3n) is 3.58. The molecule has 1 aromatic carbocycles. The molecule has 21 heavy (non-hydrogen) atoms. The van der Waals surface area contributed by atoms with Gasteiger partial charge in [-0.1, -0.05) is 11.8 Å². The van der Waals surface area contributed by atoms with Crippen molar-refractivity contribution in [2.75, 3.05) is 19.6 Å². The van der Waals surface area contributed by atoms with Gasteiger partial charge in [0, 0.05) is 17.0 Å². The van der Waals surface area contributed by atoms with Crippen LogP contribution in [0.2, 0.25) is 0 Å². The number of alkyl halides is 2. The molecule has 1 aliphatic rings. The van der Waals surface area contributed by atoms with Gasteiger partial charge in [-0.3, -0.25) is 4.79 Å². The largest absolute Gasteiger partial charge is 0.352 e. The highest BCUT2D eigenvalue weighted by Gasteiger charge is 2.13. The average Bonchev–Trinajstić information content (AvgIpc) is 2.48. The lowest BCUT2D eigenvalue weighted by atomic mass is 9.96. The Morgan fingerprint density at radius 2 is 2.14 bits per heavy atom. The maximum atomic E-state index is 12.2. The summed E-state index contributed by atoms with van der Waals surface area (Å²) in [6.07, 6.45) is 3.38. The molecule has 1 fully saturated rings. The Bertz CT molecular complexity index is 447. The van der Waals surface area contributed by atoms with Gasteiger partial charge in [-0.25, -0.2) is 0 Å². The van der Waals surface area contributed by atoms with Crippen LogP contribution in [0.4, 0.5) is 8.78 Å². The highest BCUT2D eigenvalue weighted by Crippen LogP contribution is 2.25. The number of hydrogen-bond acceptors (Lipinski definition) is 3. The molecule has 0 spiro atoms. The van der Waals surface area contributed by atoms with Crippen molar-refractivity contribution in [2.45, 2.75) is 29.9 Å². The Hall–Kier alpha value is -1.14. The molecule has 1 amide bonds. The fourth-order valence-corrected chi connectivity index (χ4v) is 2.95. The van der Waals surface area contributed by atoms with Crippen LogP contribution in [0.25, 0.3) is 0 Å². The number of carbonyl (C=O) groups is 1. The minimum Gasteiger partial charge on any atom is -0.352 e. The maximum absolute atomic E-state index is 12.2. The van der Waals surface area contributed by atoms with Gasteiger partial charge in [0.05, 0.1) is 0 Å². The van der Waals surface area contributed by atoms with E-state index in [9.17, 15) is 13.6 Å². The van der Waals surface area contributed by atoms with E-state index >= 15 is 0 Å². The van der Waals surface area contributed by atoms with E-state index in [1.54, 1.807) is 24.3 Å². The molecule has 1 saturated heterocycles. The number of rotatable bonds is 6. The Labute approximate surface area is 127 Å². The lowest BCUT2D eigenvalue weighted by molar-refractivity contribution is 0.0950. The standard InChI is InChI=1S/C15H20F2N2OS/c16-15(17)21-13-5-3-12(4-6-13)14(20)19-9-7-11-2-1-8-18-10-11/h3-6,11,15,18H,1-2,7-10H2,(H,19,20). The molecule has 6 heteroatoms. The van der Waals surface area contributed by atoms with Crippen LogP contribution in [-0.2, 0) is 0 Å². The minimum atomic E-state index is -2.44. The van der Waals surface area contributed by atoms with Crippen molar-refractivity contribution in [1.29, 1.82) is 0 Å². The fraction of sp³-hybridized carbons (Fsp3) is 0.533. The molecule has 1 unspecified atom stereocenters. The van der Waals surface area contributed by atoms with Gasteiger partial charge in [-0.05, 0) is 62.5 Å². The lowest BCUT2D eigenvalue weighted by Gasteiger charge is -2.22. The van der Waals surface area contributed by atoms with Gasteiger partial charge in [0.2, 0.25) is 0 Å². The van der Waals surface area contributed by atoms with E-state index in [4.69, 9.17) is 0 Å². The topological polar surface area (TPSA) is 41.1 Å². The number of piperidine rings is 1. The van der Waals surface area contributed by atoms with E-state index < -0.39 is 5.76 Å². The first-order chi connectivity index (χ1) is 10.1. The van der Waals surface area contributed by atoms with E-state index in [0.29, 0.717) is 34.7 Å². The monoisotopic (exact) mass is 314 g/mol. The van der Waals surface area contributed by atoms with Crippen LogP contribution in [-0.4, -0.2) is 31.3 Å². The number of nitrogens with one attached hydrogen (secondary N) is 2. The van der Waals surface area contributed by atoms with Crippen molar-refractivity contribution in [3.8, 4) is 0 Å². The SMILES string of the molecule is O=C(NCCC1CCCNC1)c1ccc(SC(F)F)cc1. The van der Waals surface area contributed by atoms with Crippen molar-refractivity contribution in [2.24, 2.45) is 5.92 Å². The van der Waals surface area contributed by atoms with Crippen molar-refractivity contribution in [1.82, 2.24) is 10.6 Å². The Morgan fingerprint density at radius 3 is 2.76 bits per heavy atom. The van der Waals surface area contributed by atoms with Crippen LogP contribution < -0.4 is 10.6 Å². The molecule has 1 atom stereocenters. The summed E-state index contributed by atoms with van der Waals surface area (Å²) in [5.74, 6) is -1.95. The summed E-state index contributed by atoms with van der Waals surface area (Å²) in [4.78, 5) is 12.4. The van der Waals surface area contributed by atoms with Crippen LogP contribution in [0.15, 0.2) is 29.2 Å². The van der Waals surface area contributed by atoms with Gasteiger partial charge < -0.3 is 10.6 Å². The summed E-state index contributed by atoms with van der Waals surface area (Å²) in [6, 6.07) is 6.28. The fourth-order valence-electron chi connectivity index (χ4n) is 2.45. The predicted molar refractivity (Wildman–Crippen MR) is 80.8 cm³/mol. The first-order valence-corrected chi connectivity index (χ1v) is 8.07. The van der Waals surface area contributed by atoms with Crippen molar-refractivity contribution in [3.63, 3.8) is 0 Å². The minimum absolute atomic E-state index is 0.146. The number of benzene rings is 1. The Balaban J connectivity index is 1.74. The second-order valence-corrected chi connectivity index (χ2v) is 6.22. The molecule has 0 bridgehead atoms. The van der Waals surface area contributed by atoms with Gasteiger partial charge in [0.1, 0.15) is 0 Å². The third-order valence-corrected chi connectivity index (χ3v) is 4.30. The van der Waals surface area contributed by atoms with Crippen LogP contribution in [0.3, 0.4) is 0 Å². The number of amides is 1. The smallest absolute Gasteiger partial charge is 0.288 e. The molecule has 1 aliphatic heterocycles. The molecule has 116 valence electrons. The number of carbonyl (C=O) groups excluding carboxylic acids is 1.